The van der Waals surface area contributed by atoms with Crippen molar-refractivity contribution in [1.29, 1.82) is 0 Å². The molecule has 29 heavy (non-hydrogen) atoms. The Kier molecular flexibility index (Phi) is 5.74. The number of halogens is 3. The number of benzene rings is 2. The number of rotatable bonds is 5. The Morgan fingerprint density at radius 2 is 1.79 bits per heavy atom. The number of ether oxygens (including phenoxy) is 1. The van der Waals surface area contributed by atoms with Crippen molar-refractivity contribution in [2.45, 2.75) is 19.1 Å². The van der Waals surface area contributed by atoms with Crippen molar-refractivity contribution >= 4 is 16.8 Å². The first-order valence-electron chi connectivity index (χ1n) is 8.84. The molecule has 0 fully saturated rings. The van der Waals surface area contributed by atoms with E-state index in [1.54, 1.807) is 31.4 Å². The quantitative estimate of drug-likeness (QED) is 0.704. The van der Waals surface area contributed by atoms with Gasteiger partial charge in [0.15, 0.2) is 0 Å². The van der Waals surface area contributed by atoms with E-state index in [0.717, 1.165) is 12.1 Å². The Labute approximate surface area is 164 Å². The summed E-state index contributed by atoms with van der Waals surface area (Å²) in [5, 5.41) is 3.41. The first-order valence-corrected chi connectivity index (χ1v) is 8.84. The van der Waals surface area contributed by atoms with Crippen molar-refractivity contribution in [1.82, 2.24) is 9.88 Å². The molecule has 0 saturated heterocycles. The molecule has 0 radical (unpaired) electrons. The average molecular weight is 404 g/mol. The van der Waals surface area contributed by atoms with Crippen LogP contribution in [-0.4, -0.2) is 30.2 Å². The van der Waals surface area contributed by atoms with Gasteiger partial charge in [0.2, 0.25) is 0 Å². The number of hydrogen-bond acceptors (Lipinski definition) is 3. The molecule has 0 aliphatic carbocycles. The SMILES string of the molecule is COC[C@H](C)NC(=O)c1ccc2c(ccc(=O)n2-c2ccc(C(F)(F)F)cc2)c1. The number of hydrogen-bond donors (Lipinski definition) is 1. The lowest BCUT2D eigenvalue weighted by Gasteiger charge is -2.14. The van der Waals surface area contributed by atoms with Crippen molar-refractivity contribution < 1.29 is 22.7 Å². The summed E-state index contributed by atoms with van der Waals surface area (Å²) in [5.41, 5.74) is 0.0122. The number of amides is 1. The summed E-state index contributed by atoms with van der Waals surface area (Å²) >= 11 is 0. The van der Waals surface area contributed by atoms with Crippen molar-refractivity contribution in [3.05, 3.63) is 76.1 Å². The summed E-state index contributed by atoms with van der Waals surface area (Å²) in [6, 6.07) is 11.9. The molecule has 1 amide bonds. The predicted molar refractivity (Wildman–Crippen MR) is 103 cm³/mol. The standard InChI is InChI=1S/C21H19F3N2O3/c1-13(12-29-2)25-20(28)15-3-9-18-14(11-15)4-10-19(27)26(18)17-7-5-16(6-8-17)21(22,23)24/h3-11,13H,12H2,1-2H3,(H,25,28)/t13-/m0/s1. The first-order chi connectivity index (χ1) is 13.7. The maximum atomic E-state index is 12.8. The lowest BCUT2D eigenvalue weighted by Crippen LogP contribution is -2.35. The summed E-state index contributed by atoms with van der Waals surface area (Å²) < 4.78 is 44.7. The molecule has 152 valence electrons. The second kappa shape index (κ2) is 8.08. The number of nitrogens with one attached hydrogen (secondary N) is 1. The maximum Gasteiger partial charge on any atom is 0.416 e. The van der Waals surface area contributed by atoms with Crippen LogP contribution >= 0.6 is 0 Å². The number of aromatic nitrogens is 1. The molecule has 0 spiro atoms. The molecular formula is C21H19F3N2O3. The molecule has 1 atom stereocenters. The van der Waals surface area contributed by atoms with E-state index in [1.807, 2.05) is 6.92 Å². The number of pyridine rings is 1. The highest BCUT2D eigenvalue weighted by Crippen LogP contribution is 2.30. The van der Waals surface area contributed by atoms with Gasteiger partial charge in [-0.2, -0.15) is 13.2 Å². The van der Waals surface area contributed by atoms with E-state index in [9.17, 15) is 22.8 Å². The normalized spacial score (nSPS) is 12.7. The van der Waals surface area contributed by atoms with Crippen molar-refractivity contribution in [2.24, 2.45) is 0 Å². The molecule has 0 saturated carbocycles. The molecule has 0 bridgehead atoms. The second-order valence-electron chi connectivity index (χ2n) is 6.66. The Morgan fingerprint density at radius 1 is 1.10 bits per heavy atom. The molecule has 0 aliphatic rings. The third-order valence-electron chi connectivity index (χ3n) is 4.40. The Balaban J connectivity index is 2.00. The Morgan fingerprint density at radius 3 is 2.41 bits per heavy atom. The van der Waals surface area contributed by atoms with Crippen LogP contribution in [0.15, 0.2) is 59.4 Å². The van der Waals surface area contributed by atoms with Crippen molar-refractivity contribution in [3.8, 4) is 5.69 Å². The topological polar surface area (TPSA) is 60.3 Å². The van der Waals surface area contributed by atoms with Gasteiger partial charge in [-0.15, -0.1) is 0 Å². The van der Waals surface area contributed by atoms with E-state index in [4.69, 9.17) is 4.74 Å². The fourth-order valence-electron chi connectivity index (χ4n) is 3.05. The minimum Gasteiger partial charge on any atom is -0.383 e. The van der Waals surface area contributed by atoms with E-state index in [0.29, 0.717) is 28.8 Å². The zero-order valence-electron chi connectivity index (χ0n) is 15.8. The van der Waals surface area contributed by atoms with Crippen molar-refractivity contribution in [3.63, 3.8) is 0 Å². The number of nitrogens with zero attached hydrogens (tertiary/aromatic N) is 1. The first kappa shape index (κ1) is 20.6. The van der Waals surface area contributed by atoms with Gasteiger partial charge in [-0.25, -0.2) is 0 Å². The minimum atomic E-state index is -4.45. The average Bonchev–Trinajstić information content (AvgIpc) is 2.67. The molecule has 5 nitrogen and oxygen atoms in total. The van der Waals surface area contributed by atoms with E-state index in [1.165, 1.54) is 22.8 Å². The highest BCUT2D eigenvalue weighted by Gasteiger charge is 2.30. The van der Waals surface area contributed by atoms with Gasteiger partial charge in [0.05, 0.1) is 17.7 Å². The molecule has 3 aromatic rings. The summed E-state index contributed by atoms with van der Waals surface area (Å²) in [5.74, 6) is -0.288. The molecule has 0 aliphatic heterocycles. The summed E-state index contributed by atoms with van der Waals surface area (Å²) in [4.78, 5) is 24.8. The second-order valence-corrected chi connectivity index (χ2v) is 6.66. The number of alkyl halides is 3. The minimum absolute atomic E-state index is 0.177. The van der Waals surface area contributed by atoms with Crippen LogP contribution < -0.4 is 10.9 Å². The summed E-state index contributed by atoms with van der Waals surface area (Å²) in [6.07, 6.45) is -4.45. The van der Waals surface area contributed by atoms with Crippen LogP contribution in [0.1, 0.15) is 22.8 Å². The monoisotopic (exact) mass is 404 g/mol. The smallest absolute Gasteiger partial charge is 0.383 e. The van der Waals surface area contributed by atoms with Crippen LogP contribution in [0.5, 0.6) is 0 Å². The lowest BCUT2D eigenvalue weighted by molar-refractivity contribution is -0.137. The van der Waals surface area contributed by atoms with Crippen molar-refractivity contribution in [2.75, 3.05) is 13.7 Å². The highest BCUT2D eigenvalue weighted by atomic mass is 19.4. The van der Waals surface area contributed by atoms with Gasteiger partial charge < -0.3 is 10.1 Å². The van der Waals surface area contributed by atoms with Gasteiger partial charge >= 0.3 is 6.18 Å². The van der Waals surface area contributed by atoms with E-state index >= 15 is 0 Å². The van der Waals surface area contributed by atoms with Crippen LogP contribution in [0.2, 0.25) is 0 Å². The molecule has 1 heterocycles. The van der Waals surface area contributed by atoms with Crippen LogP contribution in [0, 0.1) is 0 Å². The Bertz CT molecular complexity index is 1090. The summed E-state index contributed by atoms with van der Waals surface area (Å²) in [7, 11) is 1.54. The van der Waals surface area contributed by atoms with Crippen LogP contribution in [-0.2, 0) is 10.9 Å². The highest BCUT2D eigenvalue weighted by molar-refractivity contribution is 5.98. The molecule has 3 rings (SSSR count). The third kappa shape index (κ3) is 4.48. The van der Waals surface area contributed by atoms with Gasteiger partial charge in [-0.1, -0.05) is 0 Å². The van der Waals surface area contributed by atoms with Gasteiger partial charge in [-0.05, 0) is 60.8 Å². The number of fused-ring (bicyclic) bond motifs is 1. The fraction of sp³-hybridized carbons (Fsp3) is 0.238. The fourth-order valence-corrected chi connectivity index (χ4v) is 3.05. The number of carbonyl (C=O) groups is 1. The zero-order valence-corrected chi connectivity index (χ0v) is 15.8. The molecule has 0 unspecified atom stereocenters. The van der Waals surface area contributed by atoms with E-state index < -0.39 is 11.7 Å². The summed E-state index contributed by atoms with van der Waals surface area (Å²) in [6.45, 7) is 2.18. The van der Waals surface area contributed by atoms with E-state index in [2.05, 4.69) is 5.32 Å². The number of methoxy groups -OCH3 is 1. The predicted octanol–water partition coefficient (Wildman–Crippen LogP) is 3.77. The molecule has 8 heteroatoms. The lowest BCUT2D eigenvalue weighted by atomic mass is 10.1. The molecule has 2 aromatic carbocycles. The van der Waals surface area contributed by atoms with E-state index in [-0.39, 0.29) is 17.5 Å². The van der Waals surface area contributed by atoms with Gasteiger partial charge in [0, 0.05) is 30.5 Å². The molecule has 1 N–H and O–H groups in total. The van der Waals surface area contributed by atoms with Gasteiger partial charge in [-0.3, -0.25) is 14.2 Å². The molecule has 1 aromatic heterocycles. The Hall–Kier alpha value is -3.13. The molecular weight excluding hydrogens is 385 g/mol. The van der Waals surface area contributed by atoms with Gasteiger partial charge in [0.25, 0.3) is 11.5 Å². The van der Waals surface area contributed by atoms with Crippen LogP contribution in [0.25, 0.3) is 16.6 Å². The zero-order chi connectivity index (χ0) is 21.2. The number of carbonyl (C=O) groups excluding carboxylic acids is 1. The van der Waals surface area contributed by atoms with Crippen LogP contribution in [0.4, 0.5) is 13.2 Å². The largest absolute Gasteiger partial charge is 0.416 e. The van der Waals surface area contributed by atoms with Crippen LogP contribution in [0.3, 0.4) is 0 Å². The maximum absolute atomic E-state index is 12.8. The third-order valence-corrected chi connectivity index (χ3v) is 4.40. The van der Waals surface area contributed by atoms with Gasteiger partial charge in [0.1, 0.15) is 0 Å².